The summed E-state index contributed by atoms with van der Waals surface area (Å²) in [7, 11) is 0. The molecule has 1 amide bonds. The molecule has 2 rings (SSSR count). The van der Waals surface area contributed by atoms with Gasteiger partial charge in [0.25, 0.3) is 5.91 Å². The minimum Gasteiger partial charge on any atom is -0.454 e. The molecule has 0 bridgehead atoms. The Morgan fingerprint density at radius 2 is 2.12 bits per heavy atom. The van der Waals surface area contributed by atoms with Crippen LogP contribution in [0.3, 0.4) is 0 Å². The molecule has 0 saturated heterocycles. The van der Waals surface area contributed by atoms with Crippen LogP contribution in [-0.4, -0.2) is 23.6 Å². The first-order chi connectivity index (χ1) is 11.5. The fourth-order valence-corrected chi connectivity index (χ4v) is 1.95. The van der Waals surface area contributed by atoms with Crippen LogP contribution in [0.15, 0.2) is 32.1 Å². The van der Waals surface area contributed by atoms with Crippen LogP contribution in [0, 0.1) is 0 Å². The summed E-state index contributed by atoms with van der Waals surface area (Å²) in [5.74, 6) is 1.76. The summed E-state index contributed by atoms with van der Waals surface area (Å²) in [6.45, 7) is 7.55. The van der Waals surface area contributed by atoms with Crippen LogP contribution >= 0.6 is 0 Å². The highest BCUT2D eigenvalue weighted by Crippen LogP contribution is 2.14. The highest BCUT2D eigenvalue weighted by Gasteiger charge is 2.09. The molecular weight excluding hydrogens is 310 g/mol. The number of hydrogen-bond donors (Lipinski definition) is 3. The van der Waals surface area contributed by atoms with Crippen molar-refractivity contribution < 1.29 is 13.7 Å². The molecule has 0 aromatic carbocycles. The number of rotatable bonds is 7. The third-order valence-electron chi connectivity index (χ3n) is 3.24. The van der Waals surface area contributed by atoms with E-state index in [0.29, 0.717) is 43.0 Å². The summed E-state index contributed by atoms with van der Waals surface area (Å²) in [4.78, 5) is 15.5. The van der Waals surface area contributed by atoms with Gasteiger partial charge in [-0.2, -0.15) is 0 Å². The van der Waals surface area contributed by atoms with Crippen molar-refractivity contribution in [3.63, 3.8) is 0 Å². The van der Waals surface area contributed by atoms with Crippen molar-refractivity contribution in [2.24, 2.45) is 10.7 Å². The van der Waals surface area contributed by atoms with Gasteiger partial charge in [-0.1, -0.05) is 19.0 Å². The summed E-state index contributed by atoms with van der Waals surface area (Å²) in [6.07, 6.45) is 0. The van der Waals surface area contributed by atoms with Crippen LogP contribution in [0.1, 0.15) is 54.5 Å². The van der Waals surface area contributed by atoms with Gasteiger partial charge in [0.05, 0.1) is 12.2 Å². The Labute approximate surface area is 140 Å². The maximum atomic E-state index is 11.0. The Balaban J connectivity index is 1.95. The maximum Gasteiger partial charge on any atom is 0.284 e. The Morgan fingerprint density at radius 1 is 1.33 bits per heavy atom. The van der Waals surface area contributed by atoms with Gasteiger partial charge >= 0.3 is 0 Å². The van der Waals surface area contributed by atoms with Crippen molar-refractivity contribution in [2.75, 3.05) is 6.54 Å². The summed E-state index contributed by atoms with van der Waals surface area (Å²) < 4.78 is 10.6. The zero-order chi connectivity index (χ0) is 17.5. The van der Waals surface area contributed by atoms with Gasteiger partial charge in [0.1, 0.15) is 12.3 Å². The van der Waals surface area contributed by atoms with E-state index < -0.39 is 5.91 Å². The number of carbonyl (C=O) groups excluding carboxylic acids is 1. The predicted octanol–water partition coefficient (Wildman–Crippen LogP) is 1.75. The number of aromatic nitrogens is 1. The number of carbonyl (C=O) groups is 1. The second-order valence-corrected chi connectivity index (χ2v) is 5.55. The smallest absolute Gasteiger partial charge is 0.284 e. The molecule has 0 fully saturated rings. The normalized spacial score (nSPS) is 11.8. The van der Waals surface area contributed by atoms with E-state index in [-0.39, 0.29) is 5.76 Å². The molecule has 2 heterocycles. The van der Waals surface area contributed by atoms with Crippen molar-refractivity contribution in [3.8, 4) is 0 Å². The van der Waals surface area contributed by atoms with E-state index >= 15 is 0 Å². The number of hydrogen-bond acceptors (Lipinski definition) is 5. The highest BCUT2D eigenvalue weighted by molar-refractivity contribution is 5.89. The van der Waals surface area contributed by atoms with Crippen molar-refractivity contribution in [1.82, 2.24) is 15.8 Å². The number of furan rings is 1. The van der Waals surface area contributed by atoms with Gasteiger partial charge in [0.2, 0.25) is 0 Å². The molecule has 0 aliphatic heterocycles. The largest absolute Gasteiger partial charge is 0.454 e. The summed E-state index contributed by atoms with van der Waals surface area (Å²) in [5.41, 5.74) is 6.07. The van der Waals surface area contributed by atoms with E-state index in [1.54, 1.807) is 12.1 Å². The molecule has 2 aromatic rings. The first-order valence-corrected chi connectivity index (χ1v) is 7.85. The number of nitrogens with zero attached hydrogens (tertiary/aromatic N) is 2. The lowest BCUT2D eigenvalue weighted by atomic mass is 10.1. The van der Waals surface area contributed by atoms with Crippen LogP contribution < -0.4 is 16.4 Å². The predicted molar refractivity (Wildman–Crippen MR) is 89.5 cm³/mol. The number of guanidine groups is 1. The molecule has 0 aliphatic carbocycles. The van der Waals surface area contributed by atoms with E-state index in [4.69, 9.17) is 14.7 Å². The molecule has 0 atom stereocenters. The number of primary amides is 1. The van der Waals surface area contributed by atoms with E-state index in [1.807, 2.05) is 13.0 Å². The second kappa shape index (κ2) is 8.19. The molecular formula is C16H23N5O3. The minimum atomic E-state index is -0.590. The first kappa shape index (κ1) is 17.6. The first-order valence-electron chi connectivity index (χ1n) is 7.85. The van der Waals surface area contributed by atoms with Gasteiger partial charge in [0, 0.05) is 12.6 Å². The molecule has 8 nitrogen and oxygen atoms in total. The highest BCUT2D eigenvalue weighted by atomic mass is 16.5. The Bertz CT molecular complexity index is 702. The zero-order valence-corrected chi connectivity index (χ0v) is 14.1. The fraction of sp³-hybridized carbons (Fsp3) is 0.438. The number of nitrogens with one attached hydrogen (secondary N) is 2. The van der Waals surface area contributed by atoms with E-state index in [9.17, 15) is 4.79 Å². The third-order valence-corrected chi connectivity index (χ3v) is 3.24. The van der Waals surface area contributed by atoms with Crippen molar-refractivity contribution in [1.29, 1.82) is 0 Å². The van der Waals surface area contributed by atoms with Crippen LogP contribution in [0.25, 0.3) is 0 Å². The lowest BCUT2D eigenvalue weighted by Gasteiger charge is -2.09. The molecule has 0 unspecified atom stereocenters. The van der Waals surface area contributed by atoms with Crippen molar-refractivity contribution in [2.45, 2.75) is 39.8 Å². The average molecular weight is 333 g/mol. The standard InChI is InChI=1S/C16H23N5O3/c1-4-18-16(19-8-11-5-6-14(23-11)15(17)22)20-9-12-7-13(10(2)3)21-24-12/h5-7,10H,4,8-9H2,1-3H3,(H2,17,22)(H2,18,19,20). The number of aliphatic imine (C=N–C) groups is 1. The molecule has 130 valence electrons. The molecule has 0 spiro atoms. The third kappa shape index (κ3) is 4.87. The van der Waals surface area contributed by atoms with Crippen LogP contribution in [0.4, 0.5) is 0 Å². The summed E-state index contributed by atoms with van der Waals surface area (Å²) >= 11 is 0. The van der Waals surface area contributed by atoms with Gasteiger partial charge in [-0.05, 0) is 25.0 Å². The van der Waals surface area contributed by atoms with Gasteiger partial charge in [-0.3, -0.25) is 4.79 Å². The minimum absolute atomic E-state index is 0.136. The second-order valence-electron chi connectivity index (χ2n) is 5.55. The Morgan fingerprint density at radius 3 is 2.71 bits per heavy atom. The topological polar surface area (TPSA) is 119 Å². The summed E-state index contributed by atoms with van der Waals surface area (Å²) in [5, 5.41) is 10.3. The number of nitrogens with two attached hydrogens (primary N) is 1. The lowest BCUT2D eigenvalue weighted by Crippen LogP contribution is -2.36. The molecule has 24 heavy (non-hydrogen) atoms. The van der Waals surface area contributed by atoms with Crippen molar-refractivity contribution >= 4 is 11.9 Å². The monoisotopic (exact) mass is 333 g/mol. The van der Waals surface area contributed by atoms with Crippen LogP contribution in [0.2, 0.25) is 0 Å². The van der Waals surface area contributed by atoms with Crippen LogP contribution in [-0.2, 0) is 13.1 Å². The fourth-order valence-electron chi connectivity index (χ4n) is 1.95. The Kier molecular flexibility index (Phi) is 6.00. The van der Waals surface area contributed by atoms with E-state index in [2.05, 4.69) is 34.6 Å². The van der Waals surface area contributed by atoms with Gasteiger partial charge in [-0.15, -0.1) is 0 Å². The molecule has 2 aromatic heterocycles. The number of amides is 1. The molecule has 4 N–H and O–H groups in total. The molecule has 8 heteroatoms. The van der Waals surface area contributed by atoms with E-state index in [0.717, 1.165) is 5.69 Å². The Hall–Kier alpha value is -2.77. The molecule has 0 saturated carbocycles. The van der Waals surface area contributed by atoms with Gasteiger partial charge < -0.3 is 25.3 Å². The van der Waals surface area contributed by atoms with Crippen LogP contribution in [0.5, 0.6) is 0 Å². The summed E-state index contributed by atoms with van der Waals surface area (Å²) in [6, 6.07) is 5.15. The lowest BCUT2D eigenvalue weighted by molar-refractivity contribution is 0.0972. The quantitative estimate of drug-likeness (QED) is 0.524. The average Bonchev–Trinajstić information content (AvgIpc) is 3.19. The van der Waals surface area contributed by atoms with Crippen molar-refractivity contribution in [3.05, 3.63) is 41.2 Å². The van der Waals surface area contributed by atoms with Gasteiger partial charge in [0.15, 0.2) is 17.5 Å². The SMILES string of the molecule is CCNC(=NCc1cc(C(C)C)no1)NCc1ccc(C(N)=O)o1. The van der Waals surface area contributed by atoms with Gasteiger partial charge in [-0.25, -0.2) is 4.99 Å². The molecule has 0 aliphatic rings. The maximum absolute atomic E-state index is 11.0. The van der Waals surface area contributed by atoms with E-state index in [1.165, 1.54) is 0 Å². The molecule has 0 radical (unpaired) electrons. The zero-order valence-electron chi connectivity index (χ0n) is 14.1.